The molecule has 243 valence electrons. The summed E-state index contributed by atoms with van der Waals surface area (Å²) < 4.78 is 0. The zero-order valence-corrected chi connectivity index (χ0v) is 29.8. The molecule has 3 aliphatic rings. The molecule has 7 rings (SSSR count). The van der Waals surface area contributed by atoms with Crippen LogP contribution in [0, 0.1) is 56.5 Å². The molecule has 3 heterocycles. The van der Waals surface area contributed by atoms with Crippen molar-refractivity contribution in [1.29, 1.82) is 5.26 Å². The molecule has 0 aliphatic carbocycles. The molecule has 0 bridgehead atoms. The second-order valence-electron chi connectivity index (χ2n) is 12.5. The molecule has 4 aromatic carbocycles. The van der Waals surface area contributed by atoms with Gasteiger partial charge in [0.05, 0.1) is 6.07 Å². The smallest absolute Gasteiger partial charge is 0.0726 e. The molecule has 0 atom stereocenters. The van der Waals surface area contributed by atoms with Crippen LogP contribution < -0.4 is 19.6 Å². The minimum Gasteiger partial charge on any atom is -0.510 e. The monoisotopic (exact) mass is 796 g/mol. The predicted molar refractivity (Wildman–Crippen MR) is 186 cm³/mol. The standard InChI is InChI=1S/C24H23N2.C15H14N5.Ir/c1-18-12-14-20(15-13-18)25-17-26(23-11-6-5-10-22(23)25)21-9-7-8-19(16-21)24(2,3)4;1-17-3-5-19(11-17)14-7-13(10-16)8-15(9-14)20-6-4-18(2)12-20;/h5-8,10-14,16-17H,1-4H3;3-8,11-12H,1-2H3;/q2*-3;. The van der Waals surface area contributed by atoms with Gasteiger partial charge in [-0.1, -0.05) is 45.4 Å². The van der Waals surface area contributed by atoms with Gasteiger partial charge in [-0.3, -0.25) is 0 Å². The Hall–Kier alpha value is -4.70. The number of para-hydroxylation sites is 2. The fraction of sp³-hybridized carbons (Fsp3) is 0.179. The van der Waals surface area contributed by atoms with E-state index < -0.39 is 0 Å². The van der Waals surface area contributed by atoms with Gasteiger partial charge in [0.15, 0.2) is 0 Å². The van der Waals surface area contributed by atoms with Crippen molar-refractivity contribution in [1.82, 2.24) is 9.80 Å². The summed E-state index contributed by atoms with van der Waals surface area (Å²) in [6, 6.07) is 37.1. The van der Waals surface area contributed by atoms with Gasteiger partial charge < -0.3 is 29.4 Å². The van der Waals surface area contributed by atoms with E-state index in [9.17, 15) is 5.26 Å². The van der Waals surface area contributed by atoms with E-state index in [4.69, 9.17) is 0 Å². The maximum absolute atomic E-state index is 9.20. The summed E-state index contributed by atoms with van der Waals surface area (Å²) in [5, 5.41) is 9.20. The first-order valence-corrected chi connectivity index (χ1v) is 15.2. The maximum atomic E-state index is 9.20. The number of fused-ring (bicyclic) bond motifs is 1. The zero-order valence-electron chi connectivity index (χ0n) is 27.4. The maximum Gasteiger partial charge on any atom is 0.0726 e. The van der Waals surface area contributed by atoms with E-state index in [1.165, 1.54) is 11.1 Å². The van der Waals surface area contributed by atoms with E-state index in [1.54, 1.807) is 0 Å². The third-order valence-electron chi connectivity index (χ3n) is 7.82. The fourth-order valence-corrected chi connectivity index (χ4v) is 5.27. The van der Waals surface area contributed by atoms with Gasteiger partial charge in [0.2, 0.25) is 0 Å². The third kappa shape index (κ3) is 7.49. The number of benzene rings is 4. The summed E-state index contributed by atoms with van der Waals surface area (Å²) in [7, 11) is 3.91. The molecular formula is C39H37IrN7-6. The Morgan fingerprint density at radius 1 is 0.702 bits per heavy atom. The van der Waals surface area contributed by atoms with Crippen LogP contribution in [-0.4, -0.2) is 23.9 Å². The van der Waals surface area contributed by atoms with Crippen LogP contribution in [0.3, 0.4) is 0 Å². The summed E-state index contributed by atoms with van der Waals surface area (Å²) in [6.07, 6.45) is 7.77. The number of nitriles is 1. The topological polar surface area (TPSA) is 43.2 Å². The first kappa shape index (κ1) is 33.7. The summed E-state index contributed by atoms with van der Waals surface area (Å²) in [5.74, 6) is 0. The average molecular weight is 796 g/mol. The summed E-state index contributed by atoms with van der Waals surface area (Å²) in [4.78, 5) is 12.2. The first-order chi connectivity index (χ1) is 22.1. The van der Waals surface area contributed by atoms with Crippen molar-refractivity contribution in [3.8, 4) is 6.07 Å². The number of hydrogen-bond acceptors (Lipinski definition) is 7. The normalized spacial score (nSPS) is 15.0. The summed E-state index contributed by atoms with van der Waals surface area (Å²) in [5.41, 5.74) is 9.33. The number of anilines is 6. The van der Waals surface area contributed by atoms with E-state index >= 15 is 0 Å². The molecule has 0 amide bonds. The molecule has 0 unspecified atom stereocenters. The molecule has 0 saturated heterocycles. The molecule has 0 N–H and O–H groups in total. The van der Waals surface area contributed by atoms with Gasteiger partial charge in [-0.25, -0.2) is 0 Å². The molecule has 0 saturated carbocycles. The number of aryl methyl sites for hydroxylation is 1. The fourth-order valence-electron chi connectivity index (χ4n) is 5.27. The van der Waals surface area contributed by atoms with Crippen LogP contribution in [0.25, 0.3) is 0 Å². The molecule has 7 nitrogen and oxygen atoms in total. The molecule has 0 spiro atoms. The van der Waals surface area contributed by atoms with Crippen LogP contribution in [-0.2, 0) is 25.5 Å². The Morgan fingerprint density at radius 2 is 1.30 bits per heavy atom. The predicted octanol–water partition coefficient (Wildman–Crippen LogP) is 8.34. The van der Waals surface area contributed by atoms with Gasteiger partial charge in [0, 0.05) is 31.5 Å². The number of rotatable bonds is 4. The van der Waals surface area contributed by atoms with Gasteiger partial charge in [-0.15, -0.1) is 59.8 Å². The van der Waals surface area contributed by atoms with Gasteiger partial charge in [-0.2, -0.15) is 66.1 Å². The second kappa shape index (κ2) is 14.0. The molecule has 4 aromatic rings. The van der Waals surface area contributed by atoms with Gasteiger partial charge in [-0.05, 0) is 56.4 Å². The van der Waals surface area contributed by atoms with Crippen LogP contribution in [0.2, 0.25) is 0 Å². The van der Waals surface area contributed by atoms with E-state index in [0.717, 1.165) is 34.1 Å². The van der Waals surface area contributed by atoms with Crippen LogP contribution >= 0.6 is 0 Å². The Bertz CT molecular complexity index is 1760. The zero-order chi connectivity index (χ0) is 32.4. The molecule has 47 heavy (non-hydrogen) atoms. The van der Waals surface area contributed by atoms with Crippen molar-refractivity contribution < 1.29 is 20.1 Å². The van der Waals surface area contributed by atoms with E-state index in [1.807, 2.05) is 96.1 Å². The van der Waals surface area contributed by atoms with Crippen molar-refractivity contribution in [2.75, 3.05) is 33.7 Å². The van der Waals surface area contributed by atoms with E-state index in [0.29, 0.717) is 5.56 Å². The number of nitrogens with zero attached hydrogens (tertiary/aromatic N) is 7. The second-order valence-corrected chi connectivity index (χ2v) is 12.5. The Kier molecular flexibility index (Phi) is 10.0. The minimum absolute atomic E-state index is 0. The molecule has 0 fully saturated rings. The molecule has 1 radical (unpaired) electrons. The minimum atomic E-state index is 0. The van der Waals surface area contributed by atoms with Crippen molar-refractivity contribution in [3.63, 3.8) is 0 Å². The van der Waals surface area contributed by atoms with Crippen molar-refractivity contribution >= 4 is 34.1 Å². The van der Waals surface area contributed by atoms with E-state index in [-0.39, 0.29) is 25.5 Å². The average Bonchev–Trinajstić information content (AvgIpc) is 3.80. The molecule has 0 aromatic heterocycles. The Morgan fingerprint density at radius 3 is 1.79 bits per heavy atom. The quantitative estimate of drug-likeness (QED) is 0.193. The third-order valence-corrected chi connectivity index (χ3v) is 7.82. The first-order valence-electron chi connectivity index (χ1n) is 15.2. The Balaban J connectivity index is 0.000000187. The van der Waals surface area contributed by atoms with Crippen LogP contribution in [0.4, 0.5) is 34.1 Å². The summed E-state index contributed by atoms with van der Waals surface area (Å²) in [6.45, 7) is 14.8. The van der Waals surface area contributed by atoms with Gasteiger partial charge in [0.25, 0.3) is 0 Å². The van der Waals surface area contributed by atoms with E-state index in [2.05, 4.69) is 117 Å². The molecular weight excluding hydrogens is 759 g/mol. The van der Waals surface area contributed by atoms with Crippen LogP contribution in [0.5, 0.6) is 0 Å². The molecule has 3 aliphatic heterocycles. The van der Waals surface area contributed by atoms with Crippen molar-refractivity contribution in [2.45, 2.75) is 33.1 Å². The van der Waals surface area contributed by atoms with Crippen molar-refractivity contribution in [2.24, 2.45) is 0 Å². The SMILES string of the molecule is CN1C=CN(c2[c-]c(N3C=CN(C)[CH-]3)cc(C#N)c2)[CH-]1.Cc1c[c-]c(N2[CH-]N(c3[c-]ccc(C(C)(C)C)c3)c3ccccc32)cc1.[Ir]. The number of hydrogen-bond donors (Lipinski definition) is 0. The van der Waals surface area contributed by atoms with Gasteiger partial charge >= 0.3 is 0 Å². The molecule has 8 heteroatoms. The van der Waals surface area contributed by atoms with Crippen LogP contribution in [0.15, 0.2) is 97.6 Å². The van der Waals surface area contributed by atoms with Crippen molar-refractivity contribution in [3.05, 3.63) is 152 Å². The Labute approximate surface area is 293 Å². The summed E-state index contributed by atoms with van der Waals surface area (Å²) >= 11 is 0. The van der Waals surface area contributed by atoms with Gasteiger partial charge in [0.1, 0.15) is 0 Å². The van der Waals surface area contributed by atoms with Crippen LogP contribution in [0.1, 0.15) is 37.5 Å². The largest absolute Gasteiger partial charge is 0.510 e.